The summed E-state index contributed by atoms with van der Waals surface area (Å²) in [4.78, 5) is 27.6. The molecule has 38 heavy (non-hydrogen) atoms. The van der Waals surface area contributed by atoms with E-state index in [0.29, 0.717) is 36.0 Å². The van der Waals surface area contributed by atoms with Gasteiger partial charge >= 0.3 is 6.03 Å². The number of amides is 3. The Morgan fingerprint density at radius 3 is 2.66 bits per heavy atom. The zero-order chi connectivity index (χ0) is 27.2. The molecule has 1 fully saturated rings. The minimum atomic E-state index is -0.620. The SMILES string of the molecule is CCCOc1ccc(N(O)C2CCC[C@@H](C)N(C(=O)N[C@@H](C)C(=O)NC3CC3)Cc3ccccc32)c(Cl)c1. The number of fused-ring (bicyclic) bond motifs is 1. The topological polar surface area (TPSA) is 94.1 Å². The predicted octanol–water partition coefficient (Wildman–Crippen LogP) is 5.82. The second-order valence-corrected chi connectivity index (χ2v) is 10.8. The summed E-state index contributed by atoms with van der Waals surface area (Å²) < 4.78 is 5.68. The average Bonchev–Trinajstić information content (AvgIpc) is 3.71. The van der Waals surface area contributed by atoms with Gasteiger partial charge in [-0.25, -0.2) is 9.86 Å². The zero-order valence-corrected chi connectivity index (χ0v) is 23.2. The summed E-state index contributed by atoms with van der Waals surface area (Å²) in [5.41, 5.74) is 2.38. The van der Waals surface area contributed by atoms with E-state index in [2.05, 4.69) is 10.6 Å². The van der Waals surface area contributed by atoms with Crippen LogP contribution in [0.2, 0.25) is 5.02 Å². The van der Waals surface area contributed by atoms with Gasteiger partial charge in [0.25, 0.3) is 0 Å². The first-order chi connectivity index (χ1) is 18.3. The molecule has 1 heterocycles. The molecule has 2 aromatic rings. The van der Waals surface area contributed by atoms with Gasteiger partial charge in [0, 0.05) is 24.7 Å². The highest BCUT2D eigenvalue weighted by Gasteiger charge is 2.31. The van der Waals surface area contributed by atoms with E-state index in [9.17, 15) is 14.8 Å². The molecule has 1 aliphatic carbocycles. The molecule has 0 radical (unpaired) electrons. The number of nitrogens with zero attached hydrogens (tertiary/aromatic N) is 2. The summed E-state index contributed by atoms with van der Waals surface area (Å²) >= 11 is 6.58. The van der Waals surface area contributed by atoms with Crippen molar-refractivity contribution >= 4 is 29.2 Å². The van der Waals surface area contributed by atoms with E-state index in [-0.39, 0.29) is 30.1 Å². The smallest absolute Gasteiger partial charge is 0.318 e. The van der Waals surface area contributed by atoms with Gasteiger partial charge in [-0.05, 0) is 75.6 Å². The molecule has 2 aliphatic rings. The van der Waals surface area contributed by atoms with Crippen molar-refractivity contribution in [2.24, 2.45) is 0 Å². The zero-order valence-electron chi connectivity index (χ0n) is 22.5. The van der Waals surface area contributed by atoms with E-state index >= 15 is 0 Å². The van der Waals surface area contributed by atoms with Crippen LogP contribution in [0.4, 0.5) is 10.5 Å². The van der Waals surface area contributed by atoms with Crippen LogP contribution in [-0.2, 0) is 11.3 Å². The number of benzene rings is 2. The summed E-state index contributed by atoms with van der Waals surface area (Å²) in [6.07, 6.45) is 5.11. The Hall–Kier alpha value is -2.97. The Kier molecular flexibility index (Phi) is 9.39. The number of rotatable bonds is 8. The van der Waals surface area contributed by atoms with E-state index in [1.165, 1.54) is 5.06 Å². The Bertz CT molecular complexity index is 1130. The van der Waals surface area contributed by atoms with Gasteiger partial charge in [-0.1, -0.05) is 42.8 Å². The quantitative estimate of drug-likeness (QED) is 0.366. The summed E-state index contributed by atoms with van der Waals surface area (Å²) in [7, 11) is 0. The Labute approximate surface area is 230 Å². The molecule has 0 aromatic heterocycles. The van der Waals surface area contributed by atoms with Crippen molar-refractivity contribution in [3.63, 3.8) is 0 Å². The van der Waals surface area contributed by atoms with E-state index in [4.69, 9.17) is 16.3 Å². The predicted molar refractivity (Wildman–Crippen MR) is 149 cm³/mol. The van der Waals surface area contributed by atoms with Gasteiger partial charge in [0.1, 0.15) is 11.8 Å². The molecular weight excluding hydrogens is 504 g/mol. The fraction of sp³-hybridized carbons (Fsp3) is 0.517. The van der Waals surface area contributed by atoms with Crippen molar-refractivity contribution < 1.29 is 19.5 Å². The van der Waals surface area contributed by atoms with Gasteiger partial charge in [-0.3, -0.25) is 10.0 Å². The highest BCUT2D eigenvalue weighted by molar-refractivity contribution is 6.33. The number of carbonyl (C=O) groups is 2. The molecule has 1 aliphatic heterocycles. The molecule has 3 amide bonds. The standard InChI is InChI=1S/C29H39ClN4O4/c1-4-16-38-23-14-15-27(25(30)17-23)34(37)26-11-7-8-19(2)33(18-21-9-5-6-10-24(21)26)29(36)31-20(3)28(35)32-22-12-13-22/h5-6,9-10,14-15,17,19-20,22,26,37H,4,7-8,11-13,16,18H2,1-3H3,(H,31,36)(H,32,35)/t19-,20+,26?/m1/s1. The van der Waals surface area contributed by atoms with Crippen molar-refractivity contribution in [3.8, 4) is 5.75 Å². The van der Waals surface area contributed by atoms with E-state index < -0.39 is 6.04 Å². The van der Waals surface area contributed by atoms with Gasteiger partial charge in [-0.2, -0.15) is 0 Å². The van der Waals surface area contributed by atoms with Crippen molar-refractivity contribution in [1.82, 2.24) is 15.5 Å². The second-order valence-electron chi connectivity index (χ2n) is 10.4. The van der Waals surface area contributed by atoms with Crippen LogP contribution >= 0.6 is 11.6 Å². The number of urea groups is 1. The maximum atomic E-state index is 13.3. The third-order valence-electron chi connectivity index (χ3n) is 7.24. The molecular formula is C29H39ClN4O4. The Morgan fingerprint density at radius 2 is 1.95 bits per heavy atom. The van der Waals surface area contributed by atoms with Crippen molar-refractivity contribution in [2.75, 3.05) is 11.7 Å². The van der Waals surface area contributed by atoms with Crippen LogP contribution in [0.15, 0.2) is 42.5 Å². The molecule has 1 unspecified atom stereocenters. The lowest BCUT2D eigenvalue weighted by Crippen LogP contribution is -2.52. The minimum absolute atomic E-state index is 0.0498. The third kappa shape index (κ3) is 6.91. The lowest BCUT2D eigenvalue weighted by Gasteiger charge is -2.31. The minimum Gasteiger partial charge on any atom is -0.494 e. The number of carbonyl (C=O) groups excluding carboxylic acids is 2. The number of hydroxylamine groups is 1. The number of hydrogen-bond donors (Lipinski definition) is 3. The fourth-order valence-corrected chi connectivity index (χ4v) is 5.08. The summed E-state index contributed by atoms with van der Waals surface area (Å²) in [5, 5.41) is 18.9. The van der Waals surface area contributed by atoms with Gasteiger partial charge in [-0.15, -0.1) is 0 Å². The van der Waals surface area contributed by atoms with Crippen molar-refractivity contribution in [2.45, 2.75) is 90.0 Å². The maximum Gasteiger partial charge on any atom is 0.318 e. The van der Waals surface area contributed by atoms with Gasteiger partial charge in [0.15, 0.2) is 0 Å². The van der Waals surface area contributed by atoms with Gasteiger partial charge in [0.05, 0.1) is 23.4 Å². The molecule has 8 nitrogen and oxygen atoms in total. The van der Waals surface area contributed by atoms with Crippen molar-refractivity contribution in [1.29, 1.82) is 0 Å². The first-order valence-electron chi connectivity index (χ1n) is 13.6. The fourth-order valence-electron chi connectivity index (χ4n) is 4.83. The molecule has 9 heteroatoms. The van der Waals surface area contributed by atoms with Crippen LogP contribution in [0.5, 0.6) is 5.75 Å². The van der Waals surface area contributed by atoms with E-state index in [0.717, 1.165) is 43.2 Å². The normalized spacial score (nSPS) is 20.3. The summed E-state index contributed by atoms with van der Waals surface area (Å²) in [6, 6.07) is 12.1. The third-order valence-corrected chi connectivity index (χ3v) is 7.54. The highest BCUT2D eigenvalue weighted by atomic mass is 35.5. The molecule has 0 saturated heterocycles. The van der Waals surface area contributed by atoms with Crippen LogP contribution in [-0.4, -0.2) is 46.8 Å². The second kappa shape index (κ2) is 12.7. The van der Waals surface area contributed by atoms with E-state index in [1.807, 2.05) is 44.2 Å². The van der Waals surface area contributed by atoms with Crippen LogP contribution in [0.25, 0.3) is 0 Å². The molecule has 2 aromatic carbocycles. The largest absolute Gasteiger partial charge is 0.494 e. The van der Waals surface area contributed by atoms with Crippen LogP contribution in [0.1, 0.15) is 76.5 Å². The maximum absolute atomic E-state index is 13.3. The Balaban J connectivity index is 1.54. The highest BCUT2D eigenvalue weighted by Crippen LogP contribution is 2.38. The van der Waals surface area contributed by atoms with Crippen LogP contribution in [0.3, 0.4) is 0 Å². The molecule has 1 saturated carbocycles. The number of nitrogens with one attached hydrogen (secondary N) is 2. The molecule has 0 spiro atoms. The average molecular weight is 543 g/mol. The van der Waals surface area contributed by atoms with Crippen molar-refractivity contribution in [3.05, 3.63) is 58.6 Å². The molecule has 3 atom stereocenters. The Morgan fingerprint density at radius 1 is 1.18 bits per heavy atom. The number of halogens is 1. The lowest BCUT2D eigenvalue weighted by atomic mass is 9.95. The molecule has 4 rings (SSSR count). The first kappa shape index (κ1) is 28.0. The monoisotopic (exact) mass is 542 g/mol. The van der Waals surface area contributed by atoms with Crippen LogP contribution in [0, 0.1) is 0 Å². The molecule has 3 N–H and O–H groups in total. The molecule has 0 bridgehead atoms. The number of anilines is 1. The summed E-state index contributed by atoms with van der Waals surface area (Å²) in [5.74, 6) is 0.511. The summed E-state index contributed by atoms with van der Waals surface area (Å²) in [6.45, 7) is 6.74. The van der Waals surface area contributed by atoms with Gasteiger partial charge in [0.2, 0.25) is 5.91 Å². The van der Waals surface area contributed by atoms with Crippen LogP contribution < -0.4 is 20.4 Å². The van der Waals surface area contributed by atoms with Gasteiger partial charge < -0.3 is 20.3 Å². The molecule has 206 valence electrons. The number of ether oxygens (including phenoxy) is 1. The number of hydrogen-bond acceptors (Lipinski definition) is 5. The first-order valence-corrected chi connectivity index (χ1v) is 14.0. The lowest BCUT2D eigenvalue weighted by molar-refractivity contribution is -0.122. The van der Waals surface area contributed by atoms with E-state index in [1.54, 1.807) is 24.0 Å².